The predicted molar refractivity (Wildman–Crippen MR) is 53.4 cm³/mol. The summed E-state index contributed by atoms with van der Waals surface area (Å²) in [7, 11) is 0. The molecule has 0 aromatic heterocycles. The topological polar surface area (TPSA) is 17.1 Å². The van der Waals surface area contributed by atoms with E-state index in [1.807, 2.05) is 6.07 Å². The molecule has 0 aliphatic heterocycles. The van der Waals surface area contributed by atoms with Crippen LogP contribution >= 0.6 is 0 Å². The van der Waals surface area contributed by atoms with Crippen LogP contribution in [0.3, 0.4) is 0 Å². The molecular formula is C12H12O. The van der Waals surface area contributed by atoms with E-state index in [4.69, 9.17) is 0 Å². The summed E-state index contributed by atoms with van der Waals surface area (Å²) < 4.78 is 0. The molecule has 0 heterocycles. The third-order valence-corrected chi connectivity index (χ3v) is 2.48. The zero-order valence-corrected chi connectivity index (χ0v) is 7.44. The first-order valence-corrected chi connectivity index (χ1v) is 4.60. The van der Waals surface area contributed by atoms with Crippen LogP contribution in [-0.2, 0) is 11.2 Å². The standard InChI is InChI=1S/C12H12O/c13-8-7-10-5-6-11-3-1-2-4-12(11)9-10/h1-6,8,10H,7,9H2. The highest BCUT2D eigenvalue weighted by molar-refractivity contribution is 5.59. The Bertz CT molecular complexity index is 339. The largest absolute Gasteiger partial charge is 0.303 e. The van der Waals surface area contributed by atoms with Gasteiger partial charge in [0, 0.05) is 6.42 Å². The molecule has 1 aromatic rings. The van der Waals surface area contributed by atoms with Crippen molar-refractivity contribution in [3.8, 4) is 0 Å². The van der Waals surface area contributed by atoms with Gasteiger partial charge in [-0.1, -0.05) is 36.4 Å². The average Bonchev–Trinajstić information content (AvgIpc) is 2.18. The molecule has 1 heteroatoms. The quantitative estimate of drug-likeness (QED) is 0.626. The van der Waals surface area contributed by atoms with E-state index >= 15 is 0 Å². The van der Waals surface area contributed by atoms with Crippen molar-refractivity contribution in [3.63, 3.8) is 0 Å². The number of fused-ring (bicyclic) bond motifs is 1. The Morgan fingerprint density at radius 1 is 1.38 bits per heavy atom. The van der Waals surface area contributed by atoms with Crippen molar-refractivity contribution in [2.45, 2.75) is 12.8 Å². The number of hydrogen-bond acceptors (Lipinski definition) is 1. The van der Waals surface area contributed by atoms with Crippen LogP contribution in [0.1, 0.15) is 17.5 Å². The summed E-state index contributed by atoms with van der Waals surface area (Å²) in [5, 5.41) is 0. The second kappa shape index (κ2) is 3.56. The van der Waals surface area contributed by atoms with Gasteiger partial charge < -0.3 is 4.79 Å². The number of benzene rings is 1. The highest BCUT2D eigenvalue weighted by Gasteiger charge is 2.11. The molecule has 66 valence electrons. The van der Waals surface area contributed by atoms with Gasteiger partial charge in [-0.15, -0.1) is 0 Å². The number of carbonyl (C=O) groups is 1. The van der Waals surface area contributed by atoms with Gasteiger partial charge in [0.2, 0.25) is 0 Å². The van der Waals surface area contributed by atoms with Gasteiger partial charge in [0.05, 0.1) is 0 Å². The fourth-order valence-electron chi connectivity index (χ4n) is 1.76. The molecule has 1 atom stereocenters. The summed E-state index contributed by atoms with van der Waals surface area (Å²) in [5.74, 6) is 0.410. The lowest BCUT2D eigenvalue weighted by Gasteiger charge is -2.16. The molecule has 0 amide bonds. The van der Waals surface area contributed by atoms with Crippen LogP contribution in [0.25, 0.3) is 6.08 Å². The maximum absolute atomic E-state index is 10.4. The lowest BCUT2D eigenvalue weighted by molar-refractivity contribution is -0.108. The van der Waals surface area contributed by atoms with Crippen molar-refractivity contribution in [2.75, 3.05) is 0 Å². The van der Waals surface area contributed by atoms with E-state index in [1.165, 1.54) is 11.1 Å². The zero-order chi connectivity index (χ0) is 9.10. The Morgan fingerprint density at radius 3 is 3.08 bits per heavy atom. The maximum atomic E-state index is 10.4. The predicted octanol–water partition coefficient (Wildman–Crippen LogP) is 2.46. The van der Waals surface area contributed by atoms with E-state index in [-0.39, 0.29) is 0 Å². The lowest BCUT2D eigenvalue weighted by atomic mass is 9.88. The van der Waals surface area contributed by atoms with E-state index in [2.05, 4.69) is 30.4 Å². The van der Waals surface area contributed by atoms with Gasteiger partial charge in [0.1, 0.15) is 6.29 Å². The van der Waals surface area contributed by atoms with Gasteiger partial charge in [-0.2, -0.15) is 0 Å². The molecule has 0 spiro atoms. The third-order valence-electron chi connectivity index (χ3n) is 2.48. The highest BCUT2D eigenvalue weighted by Crippen LogP contribution is 2.23. The minimum Gasteiger partial charge on any atom is -0.303 e. The number of carbonyl (C=O) groups excluding carboxylic acids is 1. The number of allylic oxidation sites excluding steroid dienone is 1. The molecule has 0 radical (unpaired) electrons. The molecule has 2 rings (SSSR count). The van der Waals surface area contributed by atoms with Crippen molar-refractivity contribution in [3.05, 3.63) is 41.5 Å². The molecule has 0 saturated heterocycles. The van der Waals surface area contributed by atoms with Crippen LogP contribution in [0.4, 0.5) is 0 Å². The van der Waals surface area contributed by atoms with E-state index in [1.54, 1.807) is 0 Å². The molecular weight excluding hydrogens is 160 g/mol. The maximum Gasteiger partial charge on any atom is 0.120 e. The van der Waals surface area contributed by atoms with Gasteiger partial charge in [-0.05, 0) is 23.5 Å². The van der Waals surface area contributed by atoms with E-state index in [0.29, 0.717) is 12.3 Å². The summed E-state index contributed by atoms with van der Waals surface area (Å²) >= 11 is 0. The fourth-order valence-corrected chi connectivity index (χ4v) is 1.76. The van der Waals surface area contributed by atoms with Crippen LogP contribution in [0.2, 0.25) is 0 Å². The minimum absolute atomic E-state index is 0.410. The van der Waals surface area contributed by atoms with Crippen LogP contribution < -0.4 is 0 Å². The normalized spacial score (nSPS) is 19.5. The van der Waals surface area contributed by atoms with Crippen molar-refractivity contribution >= 4 is 12.4 Å². The SMILES string of the molecule is O=CCC1C=Cc2ccccc2C1. The van der Waals surface area contributed by atoms with Crippen LogP contribution in [0.15, 0.2) is 30.3 Å². The molecule has 1 aliphatic rings. The second-order valence-electron chi connectivity index (χ2n) is 3.42. The summed E-state index contributed by atoms with van der Waals surface area (Å²) in [5.41, 5.74) is 2.65. The molecule has 0 saturated carbocycles. The van der Waals surface area contributed by atoms with Gasteiger partial charge in [-0.3, -0.25) is 0 Å². The minimum atomic E-state index is 0.410. The number of rotatable bonds is 2. The van der Waals surface area contributed by atoms with E-state index < -0.39 is 0 Å². The van der Waals surface area contributed by atoms with Crippen molar-refractivity contribution in [1.82, 2.24) is 0 Å². The molecule has 0 N–H and O–H groups in total. The van der Waals surface area contributed by atoms with E-state index in [9.17, 15) is 4.79 Å². The highest BCUT2D eigenvalue weighted by atomic mass is 16.1. The summed E-state index contributed by atoms with van der Waals surface area (Å²) in [6, 6.07) is 8.35. The third kappa shape index (κ3) is 1.69. The van der Waals surface area contributed by atoms with E-state index in [0.717, 1.165) is 12.7 Å². The fraction of sp³-hybridized carbons (Fsp3) is 0.250. The Labute approximate surface area is 78.1 Å². The molecule has 1 aromatic carbocycles. The molecule has 0 fully saturated rings. The Morgan fingerprint density at radius 2 is 2.23 bits per heavy atom. The first kappa shape index (κ1) is 8.24. The van der Waals surface area contributed by atoms with Gasteiger partial charge in [0.15, 0.2) is 0 Å². The number of aldehydes is 1. The van der Waals surface area contributed by atoms with Gasteiger partial charge in [0.25, 0.3) is 0 Å². The summed E-state index contributed by atoms with van der Waals surface area (Å²) in [4.78, 5) is 10.4. The van der Waals surface area contributed by atoms with Crippen LogP contribution in [0, 0.1) is 5.92 Å². The Hall–Kier alpha value is -1.37. The first-order valence-electron chi connectivity index (χ1n) is 4.60. The van der Waals surface area contributed by atoms with Gasteiger partial charge >= 0.3 is 0 Å². The van der Waals surface area contributed by atoms with Crippen molar-refractivity contribution < 1.29 is 4.79 Å². The average molecular weight is 172 g/mol. The molecule has 1 aliphatic carbocycles. The van der Waals surface area contributed by atoms with Crippen LogP contribution in [0.5, 0.6) is 0 Å². The van der Waals surface area contributed by atoms with Gasteiger partial charge in [-0.25, -0.2) is 0 Å². The lowest BCUT2D eigenvalue weighted by Crippen LogP contribution is -2.07. The number of hydrogen-bond donors (Lipinski definition) is 0. The first-order chi connectivity index (χ1) is 6.40. The smallest absolute Gasteiger partial charge is 0.120 e. The van der Waals surface area contributed by atoms with Crippen molar-refractivity contribution in [1.29, 1.82) is 0 Å². The Kier molecular flexibility index (Phi) is 2.26. The molecule has 1 unspecified atom stereocenters. The van der Waals surface area contributed by atoms with Crippen molar-refractivity contribution in [2.24, 2.45) is 5.92 Å². The second-order valence-corrected chi connectivity index (χ2v) is 3.42. The van der Waals surface area contributed by atoms with Crippen LogP contribution in [-0.4, -0.2) is 6.29 Å². The zero-order valence-electron chi connectivity index (χ0n) is 7.44. The Balaban J connectivity index is 2.23. The molecule has 13 heavy (non-hydrogen) atoms. The summed E-state index contributed by atoms with van der Waals surface area (Å²) in [6.07, 6.45) is 6.91. The summed E-state index contributed by atoms with van der Waals surface area (Å²) in [6.45, 7) is 0. The molecule has 1 nitrogen and oxygen atoms in total. The molecule has 0 bridgehead atoms. The monoisotopic (exact) mass is 172 g/mol.